The Balaban J connectivity index is 1.49. The average molecular weight is 469 g/mol. The number of piperidine rings is 1. The minimum atomic E-state index is -0.891. The molecule has 1 amide bonds. The van der Waals surface area contributed by atoms with Crippen LogP contribution in [0.4, 0.5) is 5.69 Å². The number of rotatable bonds is 9. The molecule has 7 heteroatoms. The number of carbonyl (C=O) groups excluding carboxylic acids is 1. The maximum absolute atomic E-state index is 13.1. The van der Waals surface area contributed by atoms with Crippen LogP contribution < -0.4 is 19.7 Å². The summed E-state index contributed by atoms with van der Waals surface area (Å²) in [4.78, 5) is 14.9. The van der Waals surface area contributed by atoms with Gasteiger partial charge < -0.3 is 29.2 Å². The molecule has 2 aromatic rings. The maximum atomic E-state index is 13.1. The molecule has 0 radical (unpaired) electrons. The van der Waals surface area contributed by atoms with E-state index in [9.17, 15) is 4.79 Å². The van der Waals surface area contributed by atoms with Crippen molar-refractivity contribution in [3.8, 4) is 11.5 Å². The van der Waals surface area contributed by atoms with Crippen LogP contribution in [0.25, 0.3) is 0 Å². The largest absolute Gasteiger partial charge is 0.497 e. The predicted molar refractivity (Wildman–Crippen MR) is 132 cm³/mol. The summed E-state index contributed by atoms with van der Waals surface area (Å²) in [6.45, 7) is 7.06. The van der Waals surface area contributed by atoms with Gasteiger partial charge in [-0.15, -0.1) is 0 Å². The zero-order valence-corrected chi connectivity index (χ0v) is 20.6. The number of hydrogen-bond acceptors (Lipinski definition) is 6. The fourth-order valence-electron chi connectivity index (χ4n) is 4.73. The van der Waals surface area contributed by atoms with Crippen molar-refractivity contribution in [3.05, 3.63) is 53.6 Å². The molecule has 2 heterocycles. The van der Waals surface area contributed by atoms with E-state index in [1.54, 1.807) is 14.2 Å². The van der Waals surface area contributed by atoms with Crippen molar-refractivity contribution in [2.24, 2.45) is 0 Å². The third-order valence-corrected chi connectivity index (χ3v) is 6.60. The molecule has 0 saturated carbocycles. The smallest absolute Gasteiger partial charge is 0.270 e. The Hall–Kier alpha value is -2.61. The average Bonchev–Trinajstić information content (AvgIpc) is 2.85. The molecule has 1 saturated heterocycles. The van der Waals surface area contributed by atoms with Gasteiger partial charge in [-0.1, -0.05) is 18.2 Å². The van der Waals surface area contributed by atoms with Gasteiger partial charge in [0, 0.05) is 32.7 Å². The Bertz CT molecular complexity index is 975. The highest BCUT2D eigenvalue weighted by molar-refractivity contribution is 6.02. The number of fused-ring (bicyclic) bond motifs is 1. The van der Waals surface area contributed by atoms with Gasteiger partial charge in [-0.25, -0.2) is 0 Å². The topological polar surface area (TPSA) is 69.3 Å². The van der Waals surface area contributed by atoms with Crippen molar-refractivity contribution in [3.63, 3.8) is 0 Å². The fourth-order valence-corrected chi connectivity index (χ4v) is 4.73. The van der Waals surface area contributed by atoms with Gasteiger partial charge in [0.2, 0.25) is 0 Å². The first kappa shape index (κ1) is 24.5. The molecule has 0 bridgehead atoms. The summed E-state index contributed by atoms with van der Waals surface area (Å²) in [6, 6.07) is 14.3. The second kappa shape index (κ2) is 10.8. The van der Waals surface area contributed by atoms with Gasteiger partial charge in [-0.2, -0.15) is 0 Å². The minimum absolute atomic E-state index is 0.0368. The normalized spacial score (nSPS) is 21.6. The van der Waals surface area contributed by atoms with Gasteiger partial charge in [-0.05, 0) is 68.6 Å². The lowest BCUT2D eigenvalue weighted by Crippen LogP contribution is -2.52. The zero-order valence-electron chi connectivity index (χ0n) is 20.6. The van der Waals surface area contributed by atoms with Crippen LogP contribution in [0.15, 0.2) is 42.5 Å². The Morgan fingerprint density at radius 1 is 1.15 bits per heavy atom. The number of carbonyl (C=O) groups is 1. The second-order valence-electron chi connectivity index (χ2n) is 9.44. The zero-order chi connectivity index (χ0) is 24.1. The summed E-state index contributed by atoms with van der Waals surface area (Å²) in [5, 5.41) is 3.46. The van der Waals surface area contributed by atoms with Crippen molar-refractivity contribution < 1.29 is 23.7 Å². The van der Waals surface area contributed by atoms with Crippen LogP contribution in [0.5, 0.6) is 11.5 Å². The Morgan fingerprint density at radius 3 is 2.68 bits per heavy atom. The molecule has 2 atom stereocenters. The molecule has 2 aliphatic heterocycles. The summed E-state index contributed by atoms with van der Waals surface area (Å²) in [6.07, 6.45) is 1.84. The molecule has 1 fully saturated rings. The van der Waals surface area contributed by atoms with E-state index in [1.807, 2.05) is 49.1 Å². The third-order valence-electron chi connectivity index (χ3n) is 6.60. The van der Waals surface area contributed by atoms with E-state index in [2.05, 4.69) is 17.4 Å². The molecule has 1 N–H and O–H groups in total. The van der Waals surface area contributed by atoms with Crippen LogP contribution in [0.2, 0.25) is 0 Å². The van der Waals surface area contributed by atoms with Crippen molar-refractivity contribution in [1.29, 1.82) is 0 Å². The fraction of sp³-hybridized carbons (Fsp3) is 0.519. The highest BCUT2D eigenvalue weighted by Crippen LogP contribution is 2.39. The van der Waals surface area contributed by atoms with Crippen LogP contribution in [0, 0.1) is 0 Å². The first-order valence-corrected chi connectivity index (χ1v) is 12.0. The van der Waals surface area contributed by atoms with Gasteiger partial charge in [0.1, 0.15) is 11.5 Å². The Labute approximate surface area is 202 Å². The van der Waals surface area contributed by atoms with Gasteiger partial charge in [0.25, 0.3) is 5.91 Å². The summed E-state index contributed by atoms with van der Waals surface area (Å²) >= 11 is 0. The highest BCUT2D eigenvalue weighted by atomic mass is 16.5. The van der Waals surface area contributed by atoms with Crippen molar-refractivity contribution >= 4 is 11.6 Å². The molecule has 2 unspecified atom stereocenters. The van der Waals surface area contributed by atoms with E-state index in [0.29, 0.717) is 25.7 Å². The number of nitrogens with zero attached hydrogens (tertiary/aromatic N) is 1. The quantitative estimate of drug-likeness (QED) is 0.563. The summed E-state index contributed by atoms with van der Waals surface area (Å²) in [7, 11) is 3.36. The maximum Gasteiger partial charge on any atom is 0.270 e. The molecule has 34 heavy (non-hydrogen) atoms. The molecule has 2 aromatic carbocycles. The molecule has 0 aromatic heterocycles. The van der Waals surface area contributed by atoms with Crippen LogP contribution in [-0.2, 0) is 20.9 Å². The number of hydrogen-bond donors (Lipinski definition) is 1. The first-order valence-electron chi connectivity index (χ1n) is 12.0. The van der Waals surface area contributed by atoms with Crippen molar-refractivity contribution in [2.75, 3.05) is 45.4 Å². The van der Waals surface area contributed by atoms with Crippen LogP contribution in [0.1, 0.15) is 43.7 Å². The Morgan fingerprint density at radius 2 is 1.94 bits per heavy atom. The van der Waals surface area contributed by atoms with Gasteiger partial charge >= 0.3 is 0 Å². The highest BCUT2D eigenvalue weighted by Gasteiger charge is 2.40. The standard InChI is InChI=1S/C27H36N2O5/c1-27(2)26(30)29(14-5-15-31-3)23-16-19(6-11-24(23)34-27)18-33-25-17-28-13-12-22(25)20-7-9-21(32-4)10-8-20/h6-11,16,22,25,28H,5,12-15,17-18H2,1-4H3. The number of ether oxygens (including phenoxy) is 4. The molecule has 2 aliphatic rings. The van der Waals surface area contributed by atoms with Gasteiger partial charge in [0.15, 0.2) is 5.60 Å². The van der Waals surface area contributed by atoms with Crippen LogP contribution >= 0.6 is 0 Å². The number of benzene rings is 2. The molecular weight excluding hydrogens is 432 g/mol. The van der Waals surface area contributed by atoms with Gasteiger partial charge in [0.05, 0.1) is 25.5 Å². The molecular formula is C27H36N2O5. The SMILES string of the molecule is COCCCN1C(=O)C(C)(C)Oc2ccc(COC3CNCCC3c3ccc(OC)cc3)cc21. The third kappa shape index (κ3) is 5.37. The van der Waals surface area contributed by atoms with E-state index in [1.165, 1.54) is 5.56 Å². The number of amides is 1. The second-order valence-corrected chi connectivity index (χ2v) is 9.44. The van der Waals surface area contributed by atoms with E-state index in [4.69, 9.17) is 18.9 Å². The van der Waals surface area contributed by atoms with Crippen molar-refractivity contribution in [2.45, 2.75) is 50.9 Å². The Kier molecular flexibility index (Phi) is 7.76. The molecule has 0 spiro atoms. The van der Waals surface area contributed by atoms with Crippen molar-refractivity contribution in [1.82, 2.24) is 5.32 Å². The van der Waals surface area contributed by atoms with E-state index < -0.39 is 5.60 Å². The first-order chi connectivity index (χ1) is 16.4. The molecule has 184 valence electrons. The van der Waals surface area contributed by atoms with E-state index in [0.717, 1.165) is 48.7 Å². The minimum Gasteiger partial charge on any atom is -0.497 e. The van der Waals surface area contributed by atoms with E-state index >= 15 is 0 Å². The number of anilines is 1. The van der Waals surface area contributed by atoms with Gasteiger partial charge in [-0.3, -0.25) is 4.79 Å². The lowest BCUT2D eigenvalue weighted by Gasteiger charge is -2.39. The summed E-state index contributed by atoms with van der Waals surface area (Å²) in [5.74, 6) is 1.87. The van der Waals surface area contributed by atoms with Crippen LogP contribution in [-0.4, -0.2) is 58.1 Å². The van der Waals surface area contributed by atoms with Crippen LogP contribution in [0.3, 0.4) is 0 Å². The molecule has 0 aliphatic carbocycles. The summed E-state index contributed by atoms with van der Waals surface area (Å²) in [5.41, 5.74) is 2.20. The summed E-state index contributed by atoms with van der Waals surface area (Å²) < 4.78 is 23.0. The van der Waals surface area contributed by atoms with E-state index in [-0.39, 0.29) is 12.0 Å². The lowest BCUT2D eigenvalue weighted by atomic mass is 9.87. The predicted octanol–water partition coefficient (Wildman–Crippen LogP) is 3.90. The molecule has 7 nitrogen and oxygen atoms in total. The molecule has 4 rings (SSSR count). The number of nitrogens with one attached hydrogen (secondary N) is 1. The monoisotopic (exact) mass is 468 g/mol. The number of methoxy groups -OCH3 is 2. The lowest BCUT2D eigenvalue weighted by molar-refractivity contribution is -0.132.